The molecule has 0 saturated carbocycles. The molecule has 2 heterocycles. The SMILES string of the molecule is CCOC(=O)c1sc(NC(=O)c2cc3ccccc3c(=O)o2)c(C#N)c1C. The molecule has 0 aliphatic rings. The first kappa shape index (κ1) is 18.4. The van der Waals surface area contributed by atoms with Gasteiger partial charge in [0.2, 0.25) is 0 Å². The van der Waals surface area contributed by atoms with Gasteiger partial charge in [-0.05, 0) is 36.9 Å². The number of benzene rings is 1. The molecule has 3 aromatic rings. The average molecular weight is 382 g/mol. The van der Waals surface area contributed by atoms with Gasteiger partial charge < -0.3 is 14.5 Å². The minimum Gasteiger partial charge on any atom is -0.462 e. The van der Waals surface area contributed by atoms with Crippen LogP contribution in [0.1, 0.15) is 38.3 Å². The van der Waals surface area contributed by atoms with Crippen molar-refractivity contribution >= 4 is 39.0 Å². The summed E-state index contributed by atoms with van der Waals surface area (Å²) in [5, 5.41) is 13.0. The molecule has 1 N–H and O–H groups in total. The topological polar surface area (TPSA) is 109 Å². The summed E-state index contributed by atoms with van der Waals surface area (Å²) in [7, 11) is 0. The van der Waals surface area contributed by atoms with Gasteiger partial charge in [0, 0.05) is 0 Å². The Morgan fingerprint density at radius 2 is 2.07 bits per heavy atom. The zero-order valence-corrected chi connectivity index (χ0v) is 15.3. The van der Waals surface area contributed by atoms with Gasteiger partial charge in [0.1, 0.15) is 15.9 Å². The van der Waals surface area contributed by atoms with Crippen LogP contribution in [-0.2, 0) is 4.74 Å². The number of rotatable bonds is 4. The van der Waals surface area contributed by atoms with Crippen molar-refractivity contribution in [2.24, 2.45) is 0 Å². The Bertz CT molecular complexity index is 1150. The third-order valence-electron chi connectivity index (χ3n) is 3.84. The molecular weight excluding hydrogens is 368 g/mol. The number of nitrogens with zero attached hydrogens (tertiary/aromatic N) is 1. The molecular formula is C19H14N2O5S. The number of hydrogen-bond donors (Lipinski definition) is 1. The van der Waals surface area contributed by atoms with E-state index < -0.39 is 17.5 Å². The number of nitrogens with one attached hydrogen (secondary N) is 1. The summed E-state index contributed by atoms with van der Waals surface area (Å²) in [6.07, 6.45) is 0. The molecule has 0 fully saturated rings. The molecule has 0 aliphatic heterocycles. The average Bonchev–Trinajstić information content (AvgIpc) is 2.97. The van der Waals surface area contributed by atoms with Gasteiger partial charge in [-0.15, -0.1) is 11.3 Å². The third-order valence-corrected chi connectivity index (χ3v) is 5.03. The number of hydrogen-bond acceptors (Lipinski definition) is 7. The van der Waals surface area contributed by atoms with E-state index >= 15 is 0 Å². The molecule has 0 saturated heterocycles. The summed E-state index contributed by atoms with van der Waals surface area (Å²) < 4.78 is 10.0. The van der Waals surface area contributed by atoms with Crippen LogP contribution in [0.3, 0.4) is 0 Å². The zero-order chi connectivity index (χ0) is 19.6. The van der Waals surface area contributed by atoms with Gasteiger partial charge in [-0.25, -0.2) is 9.59 Å². The van der Waals surface area contributed by atoms with Crippen LogP contribution in [0.25, 0.3) is 10.8 Å². The Morgan fingerprint density at radius 1 is 1.33 bits per heavy atom. The number of thiophene rings is 1. The summed E-state index contributed by atoms with van der Waals surface area (Å²) in [5.41, 5.74) is -0.0379. The first-order valence-corrected chi connectivity index (χ1v) is 8.82. The molecule has 1 aromatic carbocycles. The third kappa shape index (κ3) is 3.45. The highest BCUT2D eigenvalue weighted by Gasteiger charge is 2.23. The molecule has 0 spiro atoms. The number of fused-ring (bicyclic) bond motifs is 1. The van der Waals surface area contributed by atoms with E-state index in [0.29, 0.717) is 16.3 Å². The number of esters is 1. The Hall–Kier alpha value is -3.44. The molecule has 1 amide bonds. The molecule has 27 heavy (non-hydrogen) atoms. The Labute approximate surface area is 157 Å². The Morgan fingerprint density at radius 3 is 2.78 bits per heavy atom. The van der Waals surface area contributed by atoms with Gasteiger partial charge in [0.25, 0.3) is 5.91 Å². The number of carbonyl (C=O) groups is 2. The maximum absolute atomic E-state index is 12.5. The fourth-order valence-electron chi connectivity index (χ4n) is 2.54. The fourth-order valence-corrected chi connectivity index (χ4v) is 3.58. The normalized spacial score (nSPS) is 10.4. The van der Waals surface area contributed by atoms with Crippen molar-refractivity contribution in [3.8, 4) is 6.07 Å². The Kier molecular flexibility index (Phi) is 5.05. The number of amides is 1. The largest absolute Gasteiger partial charge is 0.462 e. The molecule has 136 valence electrons. The molecule has 0 atom stereocenters. The zero-order valence-electron chi connectivity index (χ0n) is 14.5. The summed E-state index contributed by atoms with van der Waals surface area (Å²) >= 11 is 0.941. The maximum Gasteiger partial charge on any atom is 0.348 e. The van der Waals surface area contributed by atoms with Gasteiger partial charge in [0.05, 0.1) is 17.6 Å². The molecule has 0 bridgehead atoms. The van der Waals surface area contributed by atoms with Crippen LogP contribution < -0.4 is 10.9 Å². The number of carbonyl (C=O) groups excluding carboxylic acids is 2. The van der Waals surface area contributed by atoms with Crippen molar-refractivity contribution in [1.82, 2.24) is 0 Å². The summed E-state index contributed by atoms with van der Waals surface area (Å²) in [6.45, 7) is 3.48. The monoisotopic (exact) mass is 382 g/mol. The van der Waals surface area contributed by atoms with Crippen molar-refractivity contribution in [2.75, 3.05) is 11.9 Å². The molecule has 0 unspecified atom stereocenters. The van der Waals surface area contributed by atoms with Gasteiger partial charge in [-0.3, -0.25) is 4.79 Å². The predicted molar refractivity (Wildman–Crippen MR) is 100 cm³/mol. The van der Waals surface area contributed by atoms with Gasteiger partial charge in [-0.2, -0.15) is 5.26 Å². The lowest BCUT2D eigenvalue weighted by atomic mass is 10.1. The van der Waals surface area contributed by atoms with Crippen molar-refractivity contribution < 1.29 is 18.7 Å². The second-order valence-electron chi connectivity index (χ2n) is 5.53. The van der Waals surface area contributed by atoms with E-state index in [0.717, 1.165) is 11.3 Å². The quantitative estimate of drug-likeness (QED) is 0.692. The second kappa shape index (κ2) is 7.43. The molecule has 0 radical (unpaired) electrons. The van der Waals surface area contributed by atoms with E-state index in [1.54, 1.807) is 38.1 Å². The number of nitriles is 1. The maximum atomic E-state index is 12.5. The second-order valence-corrected chi connectivity index (χ2v) is 6.55. The lowest BCUT2D eigenvalue weighted by Gasteiger charge is -2.03. The minimum absolute atomic E-state index is 0.166. The van der Waals surface area contributed by atoms with Crippen LogP contribution in [0, 0.1) is 18.3 Å². The van der Waals surface area contributed by atoms with Crippen molar-refractivity contribution in [3.05, 3.63) is 62.5 Å². The van der Waals surface area contributed by atoms with Crippen LogP contribution >= 0.6 is 11.3 Å². The predicted octanol–water partition coefficient (Wildman–Crippen LogP) is 3.46. The van der Waals surface area contributed by atoms with Crippen LogP contribution in [0.5, 0.6) is 0 Å². The first-order valence-electron chi connectivity index (χ1n) is 8.01. The smallest absolute Gasteiger partial charge is 0.348 e. The van der Waals surface area contributed by atoms with Gasteiger partial charge in [0.15, 0.2) is 5.76 Å². The Balaban J connectivity index is 1.97. The van der Waals surface area contributed by atoms with Crippen LogP contribution in [0.4, 0.5) is 5.00 Å². The highest BCUT2D eigenvalue weighted by molar-refractivity contribution is 7.18. The van der Waals surface area contributed by atoms with E-state index in [1.165, 1.54) is 6.07 Å². The summed E-state index contributed by atoms with van der Waals surface area (Å²) in [5.74, 6) is -1.44. The molecule has 8 heteroatoms. The molecule has 2 aromatic heterocycles. The van der Waals surface area contributed by atoms with Crippen molar-refractivity contribution in [3.63, 3.8) is 0 Å². The molecule has 0 aliphatic carbocycles. The van der Waals surface area contributed by atoms with Crippen molar-refractivity contribution in [1.29, 1.82) is 5.26 Å². The van der Waals surface area contributed by atoms with Crippen LogP contribution in [0.2, 0.25) is 0 Å². The molecule has 3 rings (SSSR count). The van der Waals surface area contributed by atoms with E-state index in [4.69, 9.17) is 9.15 Å². The van der Waals surface area contributed by atoms with Crippen molar-refractivity contribution in [2.45, 2.75) is 13.8 Å². The van der Waals surface area contributed by atoms with E-state index in [-0.39, 0.29) is 27.8 Å². The minimum atomic E-state index is -0.689. The van der Waals surface area contributed by atoms with Gasteiger partial charge in [-0.1, -0.05) is 18.2 Å². The highest BCUT2D eigenvalue weighted by Crippen LogP contribution is 2.33. The highest BCUT2D eigenvalue weighted by atomic mass is 32.1. The number of ether oxygens (including phenoxy) is 1. The van der Waals surface area contributed by atoms with E-state index in [1.807, 2.05) is 6.07 Å². The first-order chi connectivity index (χ1) is 13.0. The van der Waals surface area contributed by atoms with Crippen LogP contribution in [0.15, 0.2) is 39.5 Å². The van der Waals surface area contributed by atoms with E-state index in [2.05, 4.69) is 5.32 Å². The standard InChI is InChI=1S/C19H14N2O5S/c1-3-25-19(24)15-10(2)13(9-20)17(27-15)21-16(22)14-8-11-6-4-5-7-12(11)18(23)26-14/h4-8H,3H2,1-2H3,(H,21,22). The lowest BCUT2D eigenvalue weighted by molar-refractivity contribution is 0.0531. The number of anilines is 1. The van der Waals surface area contributed by atoms with Gasteiger partial charge >= 0.3 is 11.6 Å². The van der Waals surface area contributed by atoms with E-state index in [9.17, 15) is 19.6 Å². The lowest BCUT2D eigenvalue weighted by Crippen LogP contribution is -2.14. The summed E-state index contributed by atoms with van der Waals surface area (Å²) in [6, 6.07) is 10.2. The molecule has 7 nitrogen and oxygen atoms in total. The summed E-state index contributed by atoms with van der Waals surface area (Å²) in [4.78, 5) is 36.8. The fraction of sp³-hybridized carbons (Fsp3) is 0.158. The van der Waals surface area contributed by atoms with Crippen LogP contribution in [-0.4, -0.2) is 18.5 Å².